The lowest BCUT2D eigenvalue weighted by Crippen LogP contribution is -2.41. The summed E-state index contributed by atoms with van der Waals surface area (Å²) in [6, 6.07) is 3.02. The van der Waals surface area contributed by atoms with E-state index in [-0.39, 0.29) is 16.8 Å². The van der Waals surface area contributed by atoms with Crippen LogP contribution in [0.2, 0.25) is 0 Å². The van der Waals surface area contributed by atoms with Crippen LogP contribution in [0.5, 0.6) is 5.75 Å². The predicted molar refractivity (Wildman–Crippen MR) is 81.3 cm³/mol. The second-order valence-electron chi connectivity index (χ2n) is 5.66. The minimum atomic E-state index is -4.90. The first kappa shape index (κ1) is 17.1. The maximum absolute atomic E-state index is 12.5. The number of carbonyl (C=O) groups excluding carboxylic acids is 1. The molecule has 10 heteroatoms. The number of fused-ring (bicyclic) bond motifs is 1. The summed E-state index contributed by atoms with van der Waals surface area (Å²) < 4.78 is 41.4. The summed E-state index contributed by atoms with van der Waals surface area (Å²) in [4.78, 5) is 40.6. The van der Waals surface area contributed by atoms with E-state index in [1.807, 2.05) is 0 Å². The van der Waals surface area contributed by atoms with E-state index in [1.165, 1.54) is 0 Å². The maximum atomic E-state index is 12.5. The smallest absolute Gasteiger partial charge is 0.406 e. The molecule has 3 rings (SSSR count). The average molecular weight is 357 g/mol. The molecule has 0 radical (unpaired) electrons. The number of nitrogens with one attached hydrogen (secondary N) is 1. The van der Waals surface area contributed by atoms with Crippen LogP contribution in [0.15, 0.2) is 27.8 Å². The van der Waals surface area contributed by atoms with Crippen molar-refractivity contribution in [3.05, 3.63) is 39.0 Å². The second kappa shape index (κ2) is 6.26. The number of benzene rings is 1. The minimum absolute atomic E-state index is 0.0643. The highest BCUT2D eigenvalue weighted by atomic mass is 19.4. The topological polar surface area (TPSA) is 84.4 Å². The molecular formula is C15H14F3N3O4. The van der Waals surface area contributed by atoms with Gasteiger partial charge in [-0.1, -0.05) is 0 Å². The number of H-pyrrole nitrogens is 1. The Kier molecular flexibility index (Phi) is 4.27. The lowest BCUT2D eigenvalue weighted by molar-refractivity contribution is -0.274. The third-order valence-electron chi connectivity index (χ3n) is 3.94. The van der Waals surface area contributed by atoms with Crippen molar-refractivity contribution >= 4 is 16.8 Å². The van der Waals surface area contributed by atoms with Crippen molar-refractivity contribution in [3.63, 3.8) is 0 Å². The van der Waals surface area contributed by atoms with Gasteiger partial charge < -0.3 is 14.6 Å². The van der Waals surface area contributed by atoms with Crippen molar-refractivity contribution in [3.8, 4) is 5.75 Å². The lowest BCUT2D eigenvalue weighted by Gasteiger charge is -2.15. The largest absolute Gasteiger partial charge is 0.573 e. The predicted octanol–water partition coefficient (Wildman–Crippen LogP) is 1.21. The standard InChI is InChI=1S/C15H14F3N3O4/c16-15(17,18)25-9-3-4-11-10(7-9)13(23)21(14(24)19-11)8-12(22)20-5-1-2-6-20/h3-4,7H,1-2,5-6,8H2,(H,19,24). The number of rotatable bonds is 3. The lowest BCUT2D eigenvalue weighted by atomic mass is 10.2. The fraction of sp³-hybridized carbons (Fsp3) is 0.400. The number of ether oxygens (including phenoxy) is 1. The highest BCUT2D eigenvalue weighted by Crippen LogP contribution is 2.24. The zero-order valence-electron chi connectivity index (χ0n) is 12.9. The molecule has 1 aliphatic heterocycles. The maximum Gasteiger partial charge on any atom is 0.573 e. The van der Waals surface area contributed by atoms with E-state index >= 15 is 0 Å². The van der Waals surface area contributed by atoms with Crippen LogP contribution in [0.1, 0.15) is 12.8 Å². The molecule has 1 aromatic heterocycles. The van der Waals surface area contributed by atoms with Crippen molar-refractivity contribution in [1.82, 2.24) is 14.5 Å². The number of nitrogens with zero attached hydrogens (tertiary/aromatic N) is 2. The SMILES string of the molecule is O=C(Cn1c(=O)[nH]c2ccc(OC(F)(F)F)cc2c1=O)N1CCCC1. The molecule has 0 spiro atoms. The average Bonchev–Trinajstić information content (AvgIpc) is 3.05. The van der Waals surface area contributed by atoms with E-state index in [4.69, 9.17) is 0 Å². The molecule has 1 fully saturated rings. The monoisotopic (exact) mass is 357 g/mol. The van der Waals surface area contributed by atoms with Crippen molar-refractivity contribution in [1.29, 1.82) is 0 Å². The van der Waals surface area contributed by atoms with Crippen molar-refractivity contribution in [2.24, 2.45) is 0 Å². The Morgan fingerprint density at radius 3 is 2.52 bits per heavy atom. The molecule has 7 nitrogen and oxygen atoms in total. The van der Waals surface area contributed by atoms with E-state index < -0.39 is 29.9 Å². The van der Waals surface area contributed by atoms with Crippen molar-refractivity contribution < 1.29 is 22.7 Å². The van der Waals surface area contributed by atoms with Gasteiger partial charge in [0.1, 0.15) is 12.3 Å². The fourth-order valence-electron chi connectivity index (χ4n) is 2.77. The third kappa shape index (κ3) is 3.67. The van der Waals surface area contributed by atoms with Gasteiger partial charge in [0.15, 0.2) is 0 Å². The van der Waals surface area contributed by atoms with Crippen LogP contribution >= 0.6 is 0 Å². The molecule has 1 amide bonds. The van der Waals surface area contributed by atoms with Gasteiger partial charge in [0.2, 0.25) is 5.91 Å². The zero-order chi connectivity index (χ0) is 18.2. The van der Waals surface area contributed by atoms with Crippen LogP contribution in [0, 0.1) is 0 Å². The first-order chi connectivity index (χ1) is 11.7. The molecular weight excluding hydrogens is 343 g/mol. The normalized spacial score (nSPS) is 14.9. The van der Waals surface area contributed by atoms with Crippen LogP contribution in [-0.4, -0.2) is 39.8 Å². The van der Waals surface area contributed by atoms with Crippen LogP contribution in [0.25, 0.3) is 10.9 Å². The Balaban J connectivity index is 1.99. The Labute approximate surface area is 138 Å². The van der Waals surface area contributed by atoms with Gasteiger partial charge in [-0.15, -0.1) is 13.2 Å². The molecule has 25 heavy (non-hydrogen) atoms. The highest BCUT2D eigenvalue weighted by Gasteiger charge is 2.31. The molecule has 0 aliphatic carbocycles. The first-order valence-corrected chi connectivity index (χ1v) is 7.55. The van der Waals surface area contributed by atoms with E-state index in [0.29, 0.717) is 17.7 Å². The second-order valence-corrected chi connectivity index (χ2v) is 5.66. The zero-order valence-corrected chi connectivity index (χ0v) is 12.9. The van der Waals surface area contributed by atoms with Crippen molar-refractivity contribution in [2.75, 3.05) is 13.1 Å². The summed E-state index contributed by atoms with van der Waals surface area (Å²) in [7, 11) is 0. The molecule has 0 atom stereocenters. The molecule has 0 saturated carbocycles. The van der Waals surface area contributed by atoms with Gasteiger partial charge in [0.05, 0.1) is 10.9 Å². The summed E-state index contributed by atoms with van der Waals surface area (Å²) >= 11 is 0. The van der Waals surface area contributed by atoms with Crippen LogP contribution in [0.3, 0.4) is 0 Å². The molecule has 1 saturated heterocycles. The number of halogens is 3. The van der Waals surface area contributed by atoms with E-state index in [0.717, 1.165) is 31.0 Å². The number of alkyl halides is 3. The Morgan fingerprint density at radius 1 is 1.20 bits per heavy atom. The van der Waals surface area contributed by atoms with Gasteiger partial charge in [-0.05, 0) is 31.0 Å². The van der Waals surface area contributed by atoms with E-state index in [9.17, 15) is 27.6 Å². The van der Waals surface area contributed by atoms with Crippen LogP contribution < -0.4 is 16.0 Å². The fourth-order valence-corrected chi connectivity index (χ4v) is 2.77. The minimum Gasteiger partial charge on any atom is -0.406 e. The van der Waals surface area contributed by atoms with Crippen molar-refractivity contribution in [2.45, 2.75) is 25.7 Å². The van der Waals surface area contributed by atoms with Gasteiger partial charge in [-0.25, -0.2) is 4.79 Å². The number of likely N-dealkylation sites (tertiary alicyclic amines) is 1. The van der Waals surface area contributed by atoms with Crippen LogP contribution in [0.4, 0.5) is 13.2 Å². The van der Waals surface area contributed by atoms with Gasteiger partial charge in [-0.3, -0.25) is 14.2 Å². The highest BCUT2D eigenvalue weighted by molar-refractivity contribution is 5.80. The molecule has 0 bridgehead atoms. The number of aromatic amines is 1. The van der Waals surface area contributed by atoms with Gasteiger partial charge >= 0.3 is 12.1 Å². The van der Waals surface area contributed by atoms with Gasteiger partial charge in [0, 0.05) is 13.1 Å². The van der Waals surface area contributed by atoms with E-state index in [1.54, 1.807) is 4.90 Å². The summed E-state index contributed by atoms with van der Waals surface area (Å²) in [6.07, 6.45) is -3.19. The van der Waals surface area contributed by atoms with Crippen LogP contribution in [-0.2, 0) is 11.3 Å². The molecule has 1 aliphatic rings. The first-order valence-electron chi connectivity index (χ1n) is 7.55. The number of hydrogen-bond donors (Lipinski definition) is 1. The van der Waals surface area contributed by atoms with E-state index in [2.05, 4.69) is 9.72 Å². The molecule has 2 heterocycles. The quantitative estimate of drug-likeness (QED) is 0.895. The molecule has 1 N–H and O–H groups in total. The summed E-state index contributed by atoms with van der Waals surface area (Å²) in [6.45, 7) is 0.653. The number of amides is 1. The summed E-state index contributed by atoms with van der Waals surface area (Å²) in [5.74, 6) is -0.964. The molecule has 2 aromatic rings. The van der Waals surface area contributed by atoms with Gasteiger partial charge in [-0.2, -0.15) is 0 Å². The number of aromatic nitrogens is 2. The Bertz CT molecular complexity index is 926. The number of hydrogen-bond acceptors (Lipinski definition) is 4. The molecule has 0 unspecified atom stereocenters. The molecule has 134 valence electrons. The third-order valence-corrected chi connectivity index (χ3v) is 3.94. The number of carbonyl (C=O) groups is 1. The van der Waals surface area contributed by atoms with Gasteiger partial charge in [0.25, 0.3) is 5.56 Å². The Hall–Kier alpha value is -2.78. The molecule has 1 aromatic carbocycles. The summed E-state index contributed by atoms with van der Waals surface area (Å²) in [5, 5.41) is -0.171. The summed E-state index contributed by atoms with van der Waals surface area (Å²) in [5.41, 5.74) is -1.58. The Morgan fingerprint density at radius 2 is 1.88 bits per heavy atom.